The molecule has 0 saturated heterocycles. The first kappa shape index (κ1) is 17.6. The van der Waals surface area contributed by atoms with Gasteiger partial charge in [-0.15, -0.1) is 0 Å². The minimum atomic E-state index is -0.496. The molecule has 1 aromatic heterocycles. The lowest BCUT2D eigenvalue weighted by atomic mass is 10.1. The van der Waals surface area contributed by atoms with Gasteiger partial charge in [0.05, 0.1) is 11.1 Å². The molecule has 0 atom stereocenters. The van der Waals surface area contributed by atoms with E-state index in [0.29, 0.717) is 16.4 Å². The van der Waals surface area contributed by atoms with Gasteiger partial charge in [-0.25, -0.2) is 4.39 Å². The molecule has 130 valence electrons. The molecule has 7 heteroatoms. The van der Waals surface area contributed by atoms with Crippen molar-refractivity contribution in [3.63, 3.8) is 0 Å². The Morgan fingerprint density at radius 2 is 1.46 bits per heavy atom. The number of hydrogen-bond donors (Lipinski definition) is 2. The van der Waals surface area contributed by atoms with Crippen molar-refractivity contribution in [2.45, 2.75) is 0 Å². The average molecular weight is 370 g/mol. The molecule has 3 rings (SSSR count). The largest absolute Gasteiger partial charge is 0.322 e. The van der Waals surface area contributed by atoms with Crippen molar-refractivity contribution in [3.8, 4) is 0 Å². The molecule has 26 heavy (non-hydrogen) atoms. The van der Waals surface area contributed by atoms with E-state index in [2.05, 4.69) is 15.6 Å². The molecule has 0 fully saturated rings. The number of aromatic nitrogens is 1. The number of carbonyl (C=O) groups is 2. The van der Waals surface area contributed by atoms with Crippen LogP contribution >= 0.6 is 11.6 Å². The van der Waals surface area contributed by atoms with Gasteiger partial charge in [0.25, 0.3) is 11.8 Å². The van der Waals surface area contributed by atoms with Crippen LogP contribution in [0.3, 0.4) is 0 Å². The molecule has 0 bridgehead atoms. The van der Waals surface area contributed by atoms with Crippen molar-refractivity contribution in [2.24, 2.45) is 0 Å². The zero-order valence-electron chi connectivity index (χ0n) is 13.4. The van der Waals surface area contributed by atoms with E-state index in [4.69, 9.17) is 11.6 Å². The molecule has 2 N–H and O–H groups in total. The molecule has 0 saturated carbocycles. The topological polar surface area (TPSA) is 71.1 Å². The second-order valence-corrected chi connectivity index (χ2v) is 5.82. The average Bonchev–Trinajstić information content (AvgIpc) is 2.64. The van der Waals surface area contributed by atoms with Crippen LogP contribution in [0.4, 0.5) is 15.8 Å². The van der Waals surface area contributed by atoms with E-state index in [1.807, 2.05) is 0 Å². The quantitative estimate of drug-likeness (QED) is 0.717. The summed E-state index contributed by atoms with van der Waals surface area (Å²) in [6.45, 7) is 0. The lowest BCUT2D eigenvalue weighted by Gasteiger charge is -2.08. The van der Waals surface area contributed by atoms with Crippen molar-refractivity contribution in [3.05, 3.63) is 89.0 Å². The maximum Gasteiger partial charge on any atom is 0.257 e. The van der Waals surface area contributed by atoms with E-state index < -0.39 is 17.6 Å². The highest BCUT2D eigenvalue weighted by molar-refractivity contribution is 6.30. The second-order valence-electron chi connectivity index (χ2n) is 5.39. The Morgan fingerprint density at radius 1 is 0.846 bits per heavy atom. The number of pyridine rings is 1. The van der Waals surface area contributed by atoms with Gasteiger partial charge in [0.1, 0.15) is 5.82 Å². The molecule has 0 aliphatic heterocycles. The Bertz CT molecular complexity index is 961. The molecule has 1 heterocycles. The Labute approximate surface area is 153 Å². The highest BCUT2D eigenvalue weighted by Crippen LogP contribution is 2.15. The summed E-state index contributed by atoms with van der Waals surface area (Å²) in [4.78, 5) is 28.5. The number of amides is 2. The summed E-state index contributed by atoms with van der Waals surface area (Å²) in [5.41, 5.74) is 1.27. The normalized spacial score (nSPS) is 10.2. The van der Waals surface area contributed by atoms with Gasteiger partial charge < -0.3 is 10.6 Å². The maximum absolute atomic E-state index is 13.2. The van der Waals surface area contributed by atoms with Crippen LogP contribution in [0.25, 0.3) is 0 Å². The summed E-state index contributed by atoms with van der Waals surface area (Å²) < 4.78 is 13.2. The highest BCUT2D eigenvalue weighted by Gasteiger charge is 2.12. The van der Waals surface area contributed by atoms with Crippen LogP contribution in [0, 0.1) is 5.82 Å². The molecular weight excluding hydrogens is 357 g/mol. The first-order chi connectivity index (χ1) is 12.5. The fourth-order valence-electron chi connectivity index (χ4n) is 2.19. The number of carbonyl (C=O) groups excluding carboxylic acids is 2. The molecule has 0 aliphatic rings. The van der Waals surface area contributed by atoms with Crippen LogP contribution in [0.5, 0.6) is 0 Å². The van der Waals surface area contributed by atoms with Crippen molar-refractivity contribution < 1.29 is 14.0 Å². The van der Waals surface area contributed by atoms with Crippen LogP contribution in [0.1, 0.15) is 20.7 Å². The Morgan fingerprint density at radius 3 is 2.08 bits per heavy atom. The van der Waals surface area contributed by atoms with Crippen molar-refractivity contribution in [2.75, 3.05) is 10.6 Å². The predicted molar refractivity (Wildman–Crippen MR) is 98.0 cm³/mol. The van der Waals surface area contributed by atoms with Crippen LogP contribution in [0.15, 0.2) is 67.0 Å². The zero-order chi connectivity index (χ0) is 18.5. The number of nitrogens with one attached hydrogen (secondary N) is 2. The molecule has 2 amide bonds. The maximum atomic E-state index is 13.2. The van der Waals surface area contributed by atoms with Gasteiger partial charge >= 0.3 is 0 Å². The number of hydrogen-bond acceptors (Lipinski definition) is 3. The molecule has 5 nitrogen and oxygen atoms in total. The third-order valence-corrected chi connectivity index (χ3v) is 3.70. The van der Waals surface area contributed by atoms with Crippen LogP contribution in [-0.4, -0.2) is 16.8 Å². The van der Waals surface area contributed by atoms with Gasteiger partial charge in [-0.05, 0) is 48.5 Å². The van der Waals surface area contributed by atoms with E-state index in [1.165, 1.54) is 36.7 Å². The lowest BCUT2D eigenvalue weighted by Crippen LogP contribution is -2.16. The Kier molecular flexibility index (Phi) is 5.24. The summed E-state index contributed by atoms with van der Waals surface area (Å²) in [5.74, 6) is -1.37. The van der Waals surface area contributed by atoms with E-state index in [-0.39, 0.29) is 11.1 Å². The van der Waals surface area contributed by atoms with Crippen molar-refractivity contribution >= 4 is 34.8 Å². The fraction of sp³-hybridized carbons (Fsp3) is 0. The van der Waals surface area contributed by atoms with Crippen LogP contribution < -0.4 is 10.6 Å². The van der Waals surface area contributed by atoms with Gasteiger partial charge in [-0.1, -0.05) is 17.7 Å². The SMILES string of the molecule is O=C(Nc1ccc(Cl)cc1)c1cncc(C(=O)Nc2cccc(F)c2)c1. The molecule has 0 aliphatic carbocycles. The number of halogens is 2. The number of nitrogens with zero attached hydrogens (tertiary/aromatic N) is 1. The molecule has 0 radical (unpaired) electrons. The van der Waals surface area contributed by atoms with Gasteiger partial charge in [-0.3, -0.25) is 14.6 Å². The fourth-order valence-corrected chi connectivity index (χ4v) is 2.32. The predicted octanol–water partition coefficient (Wildman–Crippen LogP) is 4.38. The molecule has 0 unspecified atom stereocenters. The van der Waals surface area contributed by atoms with Gasteiger partial charge in [-0.2, -0.15) is 0 Å². The van der Waals surface area contributed by atoms with Crippen LogP contribution in [-0.2, 0) is 0 Å². The summed E-state index contributed by atoms with van der Waals surface area (Å²) >= 11 is 5.81. The second kappa shape index (κ2) is 7.76. The van der Waals surface area contributed by atoms with Crippen LogP contribution in [0.2, 0.25) is 5.02 Å². The number of rotatable bonds is 4. The molecule has 2 aromatic carbocycles. The minimum absolute atomic E-state index is 0.179. The Hall–Kier alpha value is -3.25. The summed E-state index contributed by atoms with van der Waals surface area (Å²) in [5, 5.41) is 5.80. The molecule has 0 spiro atoms. The van der Waals surface area contributed by atoms with E-state index >= 15 is 0 Å². The van der Waals surface area contributed by atoms with Gasteiger partial charge in [0, 0.05) is 28.8 Å². The summed E-state index contributed by atoms with van der Waals surface area (Å²) in [6, 6.07) is 13.6. The first-order valence-electron chi connectivity index (χ1n) is 7.60. The standard InChI is InChI=1S/C19H13ClFN3O2/c20-14-4-6-16(7-5-14)23-18(25)12-8-13(11-22-10-12)19(26)24-17-3-1-2-15(21)9-17/h1-11H,(H,23,25)(H,24,26). The number of anilines is 2. The van der Waals surface area contributed by atoms with Crippen molar-refractivity contribution in [1.29, 1.82) is 0 Å². The van der Waals surface area contributed by atoms with E-state index in [0.717, 1.165) is 0 Å². The van der Waals surface area contributed by atoms with E-state index in [9.17, 15) is 14.0 Å². The Balaban J connectivity index is 1.73. The first-order valence-corrected chi connectivity index (χ1v) is 7.98. The highest BCUT2D eigenvalue weighted by atomic mass is 35.5. The third-order valence-electron chi connectivity index (χ3n) is 3.45. The summed E-state index contributed by atoms with van der Waals surface area (Å²) in [7, 11) is 0. The van der Waals surface area contributed by atoms with Gasteiger partial charge in [0.15, 0.2) is 0 Å². The summed E-state index contributed by atoms with van der Waals surface area (Å²) in [6.07, 6.45) is 2.68. The molecule has 3 aromatic rings. The van der Waals surface area contributed by atoms with Crippen molar-refractivity contribution in [1.82, 2.24) is 4.98 Å². The van der Waals surface area contributed by atoms with Gasteiger partial charge in [0.2, 0.25) is 0 Å². The number of benzene rings is 2. The minimum Gasteiger partial charge on any atom is -0.322 e. The third kappa shape index (κ3) is 4.43. The molecular formula is C19H13ClFN3O2. The van der Waals surface area contributed by atoms with E-state index in [1.54, 1.807) is 30.3 Å². The lowest BCUT2D eigenvalue weighted by molar-refractivity contribution is 0.102. The smallest absolute Gasteiger partial charge is 0.257 e. The monoisotopic (exact) mass is 369 g/mol. The zero-order valence-corrected chi connectivity index (χ0v) is 14.1.